The van der Waals surface area contributed by atoms with Gasteiger partial charge in [-0.25, -0.2) is 0 Å². The van der Waals surface area contributed by atoms with Crippen LogP contribution in [0.3, 0.4) is 0 Å². The Morgan fingerprint density at radius 2 is 2.04 bits per heavy atom. The lowest BCUT2D eigenvalue weighted by Gasteiger charge is -2.23. The summed E-state index contributed by atoms with van der Waals surface area (Å²) in [5.74, 6) is 1.25. The predicted octanol–water partition coefficient (Wildman–Crippen LogP) is 4.32. The molecule has 0 radical (unpaired) electrons. The molecule has 0 aromatic heterocycles. The molecule has 2 aromatic rings. The van der Waals surface area contributed by atoms with Crippen LogP contribution in [0.25, 0.3) is 17.2 Å². The van der Waals surface area contributed by atoms with Crippen molar-refractivity contribution in [3.05, 3.63) is 51.0 Å². The maximum Gasteiger partial charge on any atom is 0.123 e. The number of hydrogen-bond donors (Lipinski definition) is 1. The molecule has 0 fully saturated rings. The quantitative estimate of drug-likeness (QED) is 0.727. The van der Waals surface area contributed by atoms with Gasteiger partial charge in [0.1, 0.15) is 11.5 Å². The summed E-state index contributed by atoms with van der Waals surface area (Å²) in [6.45, 7) is 0. The van der Waals surface area contributed by atoms with Gasteiger partial charge in [-0.3, -0.25) is 0 Å². The first-order chi connectivity index (χ1) is 11.1. The average molecular weight is 373 g/mol. The van der Waals surface area contributed by atoms with E-state index in [9.17, 15) is 5.11 Å². The third-order valence-corrected chi connectivity index (χ3v) is 5.61. The zero-order chi connectivity index (χ0) is 16.1. The van der Waals surface area contributed by atoms with Crippen molar-refractivity contribution in [2.45, 2.75) is 18.9 Å². The number of phenolic OH excluding ortho intramolecular Hbond substituents is 1. The lowest BCUT2D eigenvalue weighted by Crippen LogP contribution is -2.15. The summed E-state index contributed by atoms with van der Waals surface area (Å²) < 4.78 is 11.8. The summed E-state index contributed by atoms with van der Waals surface area (Å²) in [6.07, 6.45) is 5.52. The molecule has 0 amide bonds. The van der Waals surface area contributed by atoms with Crippen molar-refractivity contribution in [2.24, 2.45) is 0 Å². The fourth-order valence-corrected chi connectivity index (χ4v) is 4.40. The SMILES string of the molecule is COc1ccc2c(c1)Cc1c(O)c3c(c(Br)c1-2)C=CC(OC)C3. The van der Waals surface area contributed by atoms with E-state index in [1.165, 1.54) is 5.56 Å². The molecule has 2 aliphatic carbocycles. The van der Waals surface area contributed by atoms with Crippen molar-refractivity contribution in [2.75, 3.05) is 14.2 Å². The van der Waals surface area contributed by atoms with E-state index in [0.717, 1.165) is 44.5 Å². The smallest absolute Gasteiger partial charge is 0.123 e. The topological polar surface area (TPSA) is 38.7 Å². The van der Waals surface area contributed by atoms with E-state index in [2.05, 4.69) is 22.0 Å². The number of fused-ring (bicyclic) bond motifs is 4. The van der Waals surface area contributed by atoms with Crippen LogP contribution in [-0.2, 0) is 17.6 Å². The Kier molecular flexibility index (Phi) is 3.47. The van der Waals surface area contributed by atoms with Crippen LogP contribution in [0.15, 0.2) is 28.7 Å². The maximum absolute atomic E-state index is 10.9. The molecule has 1 atom stereocenters. The molecule has 0 heterocycles. The van der Waals surface area contributed by atoms with Gasteiger partial charge in [-0.15, -0.1) is 0 Å². The van der Waals surface area contributed by atoms with E-state index in [4.69, 9.17) is 9.47 Å². The summed E-state index contributed by atoms with van der Waals surface area (Å²) >= 11 is 3.77. The molecule has 0 saturated heterocycles. The summed E-state index contributed by atoms with van der Waals surface area (Å²) in [4.78, 5) is 0. The van der Waals surface area contributed by atoms with E-state index >= 15 is 0 Å². The van der Waals surface area contributed by atoms with Crippen molar-refractivity contribution < 1.29 is 14.6 Å². The number of hydrogen-bond acceptors (Lipinski definition) is 3. The van der Waals surface area contributed by atoms with Gasteiger partial charge >= 0.3 is 0 Å². The van der Waals surface area contributed by atoms with Crippen molar-refractivity contribution >= 4 is 22.0 Å². The Hall–Kier alpha value is -1.78. The molecule has 0 aliphatic heterocycles. The van der Waals surface area contributed by atoms with Gasteiger partial charge in [0, 0.05) is 41.1 Å². The fraction of sp³-hybridized carbons (Fsp3) is 0.263. The van der Waals surface area contributed by atoms with Crippen LogP contribution in [0.1, 0.15) is 22.3 Å². The third kappa shape index (κ3) is 2.12. The molecule has 2 aliphatic rings. The van der Waals surface area contributed by atoms with Gasteiger partial charge in [0.05, 0.1) is 13.2 Å². The lowest BCUT2D eigenvalue weighted by atomic mass is 9.89. The second kappa shape index (κ2) is 5.39. The number of halogens is 1. The zero-order valence-corrected chi connectivity index (χ0v) is 14.6. The van der Waals surface area contributed by atoms with Gasteiger partial charge in [-0.1, -0.05) is 18.2 Å². The van der Waals surface area contributed by atoms with Crippen LogP contribution < -0.4 is 4.74 Å². The minimum absolute atomic E-state index is 0.0159. The standard InChI is InChI=1S/C19H17BrO3/c1-22-11-3-5-13-10(7-11)8-16-17(13)18(20)14-6-4-12(23-2)9-15(14)19(16)21/h3-7,12,21H,8-9H2,1-2H3. The number of rotatable bonds is 2. The Labute approximate surface area is 143 Å². The lowest BCUT2D eigenvalue weighted by molar-refractivity contribution is 0.140. The van der Waals surface area contributed by atoms with E-state index in [1.54, 1.807) is 14.2 Å². The predicted molar refractivity (Wildman–Crippen MR) is 94.1 cm³/mol. The molecule has 118 valence electrons. The first-order valence-corrected chi connectivity index (χ1v) is 8.37. The molecular formula is C19H17BrO3. The van der Waals surface area contributed by atoms with Crippen LogP contribution in [0.2, 0.25) is 0 Å². The van der Waals surface area contributed by atoms with Crippen LogP contribution in [0.4, 0.5) is 0 Å². The van der Waals surface area contributed by atoms with Crippen molar-refractivity contribution in [1.82, 2.24) is 0 Å². The van der Waals surface area contributed by atoms with Crippen molar-refractivity contribution in [1.29, 1.82) is 0 Å². The first-order valence-electron chi connectivity index (χ1n) is 7.58. The largest absolute Gasteiger partial charge is 0.507 e. The van der Waals surface area contributed by atoms with Crippen molar-refractivity contribution in [3.8, 4) is 22.6 Å². The number of ether oxygens (including phenoxy) is 2. The highest BCUT2D eigenvalue weighted by atomic mass is 79.9. The second-order valence-corrected chi connectivity index (χ2v) is 6.74. The number of phenols is 1. The normalized spacial score (nSPS) is 17.6. The van der Waals surface area contributed by atoms with Gasteiger partial charge < -0.3 is 14.6 Å². The molecule has 0 saturated carbocycles. The number of methoxy groups -OCH3 is 2. The fourth-order valence-electron chi connectivity index (χ4n) is 3.57. The van der Waals surface area contributed by atoms with Crippen LogP contribution >= 0.6 is 15.9 Å². The molecule has 4 rings (SSSR count). The number of aromatic hydroxyl groups is 1. The second-order valence-electron chi connectivity index (χ2n) is 5.95. The van der Waals surface area contributed by atoms with E-state index in [0.29, 0.717) is 12.2 Å². The molecule has 2 aromatic carbocycles. The highest BCUT2D eigenvalue weighted by Crippen LogP contribution is 2.50. The summed E-state index contributed by atoms with van der Waals surface area (Å²) in [6, 6.07) is 6.09. The molecule has 23 heavy (non-hydrogen) atoms. The zero-order valence-electron chi connectivity index (χ0n) is 13.0. The monoisotopic (exact) mass is 372 g/mol. The molecule has 0 bridgehead atoms. The molecule has 4 heteroatoms. The Bertz CT molecular complexity index is 839. The maximum atomic E-state index is 10.9. The van der Waals surface area contributed by atoms with E-state index < -0.39 is 0 Å². The van der Waals surface area contributed by atoms with Crippen molar-refractivity contribution in [3.63, 3.8) is 0 Å². The van der Waals surface area contributed by atoms with E-state index in [-0.39, 0.29) is 6.10 Å². The van der Waals surface area contributed by atoms with Gasteiger partial charge in [0.15, 0.2) is 0 Å². The minimum Gasteiger partial charge on any atom is -0.507 e. The first kappa shape index (κ1) is 14.8. The molecule has 3 nitrogen and oxygen atoms in total. The highest BCUT2D eigenvalue weighted by Gasteiger charge is 2.30. The molecular weight excluding hydrogens is 356 g/mol. The third-order valence-electron chi connectivity index (χ3n) is 4.79. The molecule has 1 unspecified atom stereocenters. The van der Waals surface area contributed by atoms with Crippen LogP contribution in [0, 0.1) is 0 Å². The van der Waals surface area contributed by atoms with Gasteiger partial charge in [-0.2, -0.15) is 0 Å². The Balaban J connectivity index is 1.93. The molecule has 0 spiro atoms. The van der Waals surface area contributed by atoms with Crippen LogP contribution in [0.5, 0.6) is 11.5 Å². The Morgan fingerprint density at radius 1 is 1.22 bits per heavy atom. The number of benzene rings is 2. The van der Waals surface area contributed by atoms with Crippen LogP contribution in [-0.4, -0.2) is 25.4 Å². The van der Waals surface area contributed by atoms with Gasteiger partial charge in [-0.05, 0) is 44.8 Å². The minimum atomic E-state index is 0.0159. The summed E-state index contributed by atoms with van der Waals surface area (Å²) in [5.41, 5.74) is 6.45. The van der Waals surface area contributed by atoms with E-state index in [1.807, 2.05) is 24.3 Å². The summed E-state index contributed by atoms with van der Waals surface area (Å²) in [7, 11) is 3.37. The summed E-state index contributed by atoms with van der Waals surface area (Å²) in [5, 5.41) is 10.9. The average Bonchev–Trinajstić information content (AvgIpc) is 2.98. The molecule has 1 N–H and O–H groups in total. The highest BCUT2D eigenvalue weighted by molar-refractivity contribution is 9.10. The van der Waals surface area contributed by atoms with Gasteiger partial charge in [0.25, 0.3) is 0 Å². The van der Waals surface area contributed by atoms with Gasteiger partial charge in [0.2, 0.25) is 0 Å². The Morgan fingerprint density at radius 3 is 2.78 bits per heavy atom.